The van der Waals surface area contributed by atoms with Crippen molar-refractivity contribution < 1.29 is 13.2 Å². The van der Waals surface area contributed by atoms with Gasteiger partial charge in [0.15, 0.2) is 5.16 Å². The van der Waals surface area contributed by atoms with Gasteiger partial charge in [0.05, 0.1) is 17.3 Å². The Labute approximate surface area is 143 Å². The number of benzene rings is 1. The molecule has 3 nitrogen and oxygen atoms in total. The number of aromatic nitrogens is 2. The van der Waals surface area contributed by atoms with Crippen LogP contribution in [0.2, 0.25) is 0 Å². The van der Waals surface area contributed by atoms with Crippen LogP contribution in [-0.4, -0.2) is 21.5 Å². The average Bonchev–Trinajstić information content (AvgIpc) is 2.52. The number of thioether (sulfide) groups is 1. The molecule has 24 heavy (non-hydrogen) atoms. The van der Waals surface area contributed by atoms with E-state index in [2.05, 4.69) is 11.9 Å². The van der Waals surface area contributed by atoms with Gasteiger partial charge in [0.25, 0.3) is 5.56 Å². The van der Waals surface area contributed by atoms with Crippen LogP contribution in [0.25, 0.3) is 10.9 Å². The molecule has 0 saturated carbocycles. The first-order valence-corrected chi connectivity index (χ1v) is 9.10. The molecule has 1 aromatic carbocycles. The van der Waals surface area contributed by atoms with Crippen molar-refractivity contribution in [3.05, 3.63) is 34.6 Å². The molecule has 0 N–H and O–H groups in total. The molecule has 0 aliphatic heterocycles. The van der Waals surface area contributed by atoms with E-state index in [9.17, 15) is 18.0 Å². The van der Waals surface area contributed by atoms with Gasteiger partial charge in [-0.15, -0.1) is 0 Å². The van der Waals surface area contributed by atoms with E-state index in [0.29, 0.717) is 22.6 Å². The Bertz CT molecular complexity index is 728. The summed E-state index contributed by atoms with van der Waals surface area (Å²) >= 11 is 0.999. The molecule has 0 saturated heterocycles. The van der Waals surface area contributed by atoms with Crippen molar-refractivity contribution in [3.8, 4) is 0 Å². The van der Waals surface area contributed by atoms with Crippen molar-refractivity contribution in [2.75, 3.05) is 5.75 Å². The zero-order chi connectivity index (χ0) is 17.6. The Balaban J connectivity index is 2.26. The van der Waals surface area contributed by atoms with Gasteiger partial charge in [-0.3, -0.25) is 9.36 Å². The molecule has 0 atom stereocenters. The molecule has 2 aromatic rings. The van der Waals surface area contributed by atoms with Crippen molar-refractivity contribution >= 4 is 22.7 Å². The summed E-state index contributed by atoms with van der Waals surface area (Å²) in [6.07, 6.45) is -1.13. The molecule has 7 heteroatoms. The fraction of sp³-hybridized carbons (Fsp3) is 0.529. The van der Waals surface area contributed by atoms with Crippen molar-refractivity contribution in [2.45, 2.75) is 56.9 Å². The van der Waals surface area contributed by atoms with Crippen LogP contribution in [0.3, 0.4) is 0 Å². The molecule has 132 valence electrons. The second-order valence-electron chi connectivity index (χ2n) is 5.64. The first-order valence-electron chi connectivity index (χ1n) is 8.11. The second kappa shape index (κ2) is 8.55. The predicted molar refractivity (Wildman–Crippen MR) is 91.5 cm³/mol. The van der Waals surface area contributed by atoms with Gasteiger partial charge in [0.2, 0.25) is 0 Å². The van der Waals surface area contributed by atoms with Gasteiger partial charge in [0.1, 0.15) is 0 Å². The number of fused-ring (bicyclic) bond motifs is 1. The molecule has 0 aliphatic carbocycles. The Morgan fingerprint density at radius 1 is 1.17 bits per heavy atom. The van der Waals surface area contributed by atoms with Crippen molar-refractivity contribution in [2.24, 2.45) is 0 Å². The number of alkyl halides is 3. The predicted octanol–water partition coefficient (Wildman–Crippen LogP) is 5.02. The monoisotopic (exact) mass is 358 g/mol. The molecule has 0 radical (unpaired) electrons. The summed E-state index contributed by atoms with van der Waals surface area (Å²) in [5.74, 6) is -0.136. The maximum Gasteiger partial charge on any atom is 0.389 e. The molecule has 1 heterocycles. The molecule has 0 aliphatic rings. The number of unbranched alkanes of at least 4 members (excludes halogenated alkanes) is 3. The minimum Gasteiger partial charge on any atom is -0.287 e. The third kappa shape index (κ3) is 5.26. The maximum atomic E-state index is 12.7. The topological polar surface area (TPSA) is 34.9 Å². The fourth-order valence-electron chi connectivity index (χ4n) is 2.41. The van der Waals surface area contributed by atoms with Crippen LogP contribution in [0.1, 0.15) is 39.0 Å². The van der Waals surface area contributed by atoms with E-state index >= 15 is 0 Å². The quantitative estimate of drug-likeness (QED) is 0.377. The van der Waals surface area contributed by atoms with Crippen LogP contribution in [0.15, 0.2) is 34.2 Å². The Hall–Kier alpha value is -1.50. The SMILES string of the molecule is CCCCCCn1c(SCCC(F)(F)F)nc2ccccc2c1=O. The molecule has 0 fully saturated rings. The number of rotatable bonds is 8. The maximum absolute atomic E-state index is 12.7. The number of halogens is 3. The van der Waals surface area contributed by atoms with Gasteiger partial charge in [-0.2, -0.15) is 13.2 Å². The summed E-state index contributed by atoms with van der Waals surface area (Å²) in [6, 6.07) is 6.96. The molecule has 0 unspecified atom stereocenters. The molecular formula is C17H21F3N2OS. The normalized spacial score (nSPS) is 12.0. The summed E-state index contributed by atoms with van der Waals surface area (Å²) in [4.78, 5) is 17.1. The molecule has 0 spiro atoms. The first kappa shape index (κ1) is 18.8. The van der Waals surface area contributed by atoms with E-state index in [1.807, 2.05) is 0 Å². The summed E-state index contributed by atoms with van der Waals surface area (Å²) < 4.78 is 38.7. The lowest BCUT2D eigenvalue weighted by molar-refractivity contribution is -0.129. The standard InChI is InChI=1S/C17H21F3N2OS/c1-2-3-4-7-11-22-15(23)13-8-5-6-9-14(13)21-16(22)24-12-10-17(18,19)20/h5-6,8-9H,2-4,7,10-12H2,1H3. The highest BCUT2D eigenvalue weighted by Gasteiger charge is 2.26. The van der Waals surface area contributed by atoms with Crippen LogP contribution >= 0.6 is 11.8 Å². The fourth-order valence-corrected chi connectivity index (χ4v) is 3.42. The summed E-state index contributed by atoms with van der Waals surface area (Å²) in [5.41, 5.74) is 0.355. The van der Waals surface area contributed by atoms with Crippen molar-refractivity contribution in [1.82, 2.24) is 9.55 Å². The van der Waals surface area contributed by atoms with E-state index in [1.54, 1.807) is 24.3 Å². The number of nitrogens with zero attached hydrogens (tertiary/aromatic N) is 2. The van der Waals surface area contributed by atoms with Crippen molar-refractivity contribution in [1.29, 1.82) is 0 Å². The lowest BCUT2D eigenvalue weighted by Crippen LogP contribution is -2.23. The van der Waals surface area contributed by atoms with Gasteiger partial charge in [0, 0.05) is 12.3 Å². The van der Waals surface area contributed by atoms with Gasteiger partial charge in [-0.05, 0) is 18.6 Å². The molecule has 1 aromatic heterocycles. The third-order valence-electron chi connectivity index (χ3n) is 3.68. The molecule has 0 amide bonds. The van der Waals surface area contributed by atoms with E-state index in [1.165, 1.54) is 4.57 Å². The number of hydrogen-bond acceptors (Lipinski definition) is 3. The van der Waals surface area contributed by atoms with Gasteiger partial charge in [-0.25, -0.2) is 4.98 Å². The van der Waals surface area contributed by atoms with Gasteiger partial charge < -0.3 is 0 Å². The van der Waals surface area contributed by atoms with Crippen molar-refractivity contribution in [3.63, 3.8) is 0 Å². The van der Waals surface area contributed by atoms with E-state index in [0.717, 1.165) is 37.4 Å². The minimum atomic E-state index is -4.20. The van der Waals surface area contributed by atoms with E-state index < -0.39 is 12.6 Å². The van der Waals surface area contributed by atoms with Gasteiger partial charge >= 0.3 is 6.18 Å². The van der Waals surface area contributed by atoms with Crippen LogP contribution in [0, 0.1) is 0 Å². The Kier molecular flexibility index (Phi) is 6.71. The lowest BCUT2D eigenvalue weighted by atomic mass is 10.2. The summed E-state index contributed by atoms with van der Waals surface area (Å²) in [5, 5.41) is 0.882. The number of hydrogen-bond donors (Lipinski definition) is 0. The van der Waals surface area contributed by atoms with E-state index in [-0.39, 0.29) is 11.3 Å². The molecular weight excluding hydrogens is 337 g/mol. The smallest absolute Gasteiger partial charge is 0.287 e. The van der Waals surface area contributed by atoms with Crippen LogP contribution < -0.4 is 5.56 Å². The second-order valence-corrected chi connectivity index (χ2v) is 6.70. The van der Waals surface area contributed by atoms with Gasteiger partial charge in [-0.1, -0.05) is 50.1 Å². The third-order valence-corrected chi connectivity index (χ3v) is 4.66. The zero-order valence-corrected chi connectivity index (χ0v) is 14.4. The first-order chi connectivity index (χ1) is 11.4. The summed E-state index contributed by atoms with van der Waals surface area (Å²) in [6.45, 7) is 2.59. The van der Waals surface area contributed by atoms with Crippen LogP contribution in [0.5, 0.6) is 0 Å². The Morgan fingerprint density at radius 2 is 1.92 bits per heavy atom. The molecule has 0 bridgehead atoms. The Morgan fingerprint density at radius 3 is 2.62 bits per heavy atom. The van der Waals surface area contributed by atoms with E-state index in [4.69, 9.17) is 0 Å². The highest BCUT2D eigenvalue weighted by atomic mass is 32.2. The highest BCUT2D eigenvalue weighted by molar-refractivity contribution is 7.99. The molecule has 2 rings (SSSR count). The highest BCUT2D eigenvalue weighted by Crippen LogP contribution is 2.25. The summed E-state index contributed by atoms with van der Waals surface area (Å²) in [7, 11) is 0. The minimum absolute atomic E-state index is 0.136. The average molecular weight is 358 g/mol. The largest absolute Gasteiger partial charge is 0.389 e. The van der Waals surface area contributed by atoms with Crippen LogP contribution in [-0.2, 0) is 6.54 Å². The van der Waals surface area contributed by atoms with Crippen LogP contribution in [0.4, 0.5) is 13.2 Å². The number of para-hydroxylation sites is 1. The lowest BCUT2D eigenvalue weighted by Gasteiger charge is -2.13. The zero-order valence-electron chi connectivity index (χ0n) is 13.6.